The number of nitrogens with two attached hydrogens (primary N) is 1. The van der Waals surface area contributed by atoms with Crippen LogP contribution in [-0.4, -0.2) is 10.9 Å². The molecule has 0 saturated carbocycles. The molecule has 0 aromatic heterocycles. The zero-order valence-corrected chi connectivity index (χ0v) is 8.54. The second-order valence-electron chi connectivity index (χ2n) is 2.13. The van der Waals surface area contributed by atoms with Gasteiger partial charge < -0.3 is 5.73 Å². The van der Waals surface area contributed by atoms with E-state index < -0.39 is 0 Å². The first kappa shape index (κ1) is 13.1. The second-order valence-corrected chi connectivity index (χ2v) is 4.51. The van der Waals surface area contributed by atoms with Gasteiger partial charge in [0, 0.05) is 5.75 Å². The Hall–Kier alpha value is 0.460. The fourth-order valence-corrected chi connectivity index (χ4v) is 2.10. The Morgan fingerprint density at radius 2 is 2.10 bits per heavy atom. The minimum atomic E-state index is 0. The molecule has 0 rings (SSSR count). The summed E-state index contributed by atoms with van der Waals surface area (Å²) >= 11 is 0. The van der Waals surface area contributed by atoms with Crippen LogP contribution >= 0.6 is 34.0 Å². The SMILES string of the molecule is CC(C)CSSC(=N)N.Cl. The molecule has 0 saturated heterocycles. The van der Waals surface area contributed by atoms with E-state index in [0.29, 0.717) is 5.92 Å². The van der Waals surface area contributed by atoms with Crippen LogP contribution < -0.4 is 5.73 Å². The molecule has 2 nitrogen and oxygen atoms in total. The molecule has 0 aliphatic rings. The van der Waals surface area contributed by atoms with Crippen LogP contribution in [0, 0.1) is 11.3 Å². The summed E-state index contributed by atoms with van der Waals surface area (Å²) in [5.74, 6) is 1.74. The normalized spacial score (nSPS) is 9.10. The van der Waals surface area contributed by atoms with Crippen LogP contribution in [0.1, 0.15) is 13.8 Å². The Balaban J connectivity index is 0. The maximum Gasteiger partial charge on any atom is 0.161 e. The number of halogens is 1. The van der Waals surface area contributed by atoms with E-state index in [1.54, 1.807) is 10.8 Å². The Morgan fingerprint density at radius 3 is 2.40 bits per heavy atom. The van der Waals surface area contributed by atoms with Gasteiger partial charge in [0.15, 0.2) is 5.17 Å². The van der Waals surface area contributed by atoms with Gasteiger partial charge in [-0.2, -0.15) is 0 Å². The third kappa shape index (κ3) is 11.3. The number of rotatable bonds is 3. The summed E-state index contributed by atoms with van der Waals surface area (Å²) in [6.45, 7) is 4.29. The standard InChI is InChI=1S/C5H12N2S2.ClH/c1-4(2)3-8-9-5(6)7;/h4H,3H2,1-2H3,(H3,6,7);1H. The van der Waals surface area contributed by atoms with Crippen LogP contribution in [0.15, 0.2) is 0 Å². The third-order valence-electron chi connectivity index (χ3n) is 0.550. The summed E-state index contributed by atoms with van der Waals surface area (Å²) in [5.41, 5.74) is 5.10. The van der Waals surface area contributed by atoms with Crippen LogP contribution in [0.4, 0.5) is 0 Å². The summed E-state index contributed by atoms with van der Waals surface area (Å²) in [6, 6.07) is 0. The largest absolute Gasteiger partial charge is 0.378 e. The summed E-state index contributed by atoms with van der Waals surface area (Å²) in [4.78, 5) is 0. The first-order valence-corrected chi connectivity index (χ1v) is 5.08. The summed E-state index contributed by atoms with van der Waals surface area (Å²) in [6.07, 6.45) is 0. The van der Waals surface area contributed by atoms with E-state index in [1.165, 1.54) is 10.8 Å². The zero-order valence-electron chi connectivity index (χ0n) is 6.09. The molecule has 0 aliphatic heterocycles. The maximum absolute atomic E-state index is 6.86. The Kier molecular flexibility index (Phi) is 9.90. The molecule has 0 bridgehead atoms. The van der Waals surface area contributed by atoms with E-state index in [9.17, 15) is 0 Å². The van der Waals surface area contributed by atoms with Gasteiger partial charge in [0.1, 0.15) is 0 Å². The average Bonchev–Trinajstić information content (AvgIpc) is 1.63. The van der Waals surface area contributed by atoms with E-state index in [1.807, 2.05) is 0 Å². The van der Waals surface area contributed by atoms with Crippen molar-refractivity contribution in [2.24, 2.45) is 11.7 Å². The molecule has 62 valence electrons. The highest BCUT2D eigenvalue weighted by Gasteiger charge is 1.95. The van der Waals surface area contributed by atoms with E-state index in [2.05, 4.69) is 13.8 Å². The molecule has 0 atom stereocenters. The molecule has 0 unspecified atom stereocenters. The molecule has 0 heterocycles. The van der Waals surface area contributed by atoms with Crippen LogP contribution in [0.25, 0.3) is 0 Å². The second kappa shape index (κ2) is 7.57. The predicted molar refractivity (Wildman–Crippen MR) is 54.0 cm³/mol. The fourth-order valence-electron chi connectivity index (χ4n) is 0.234. The lowest BCUT2D eigenvalue weighted by atomic mass is 10.3. The molecule has 0 aromatic rings. The van der Waals surface area contributed by atoms with Gasteiger partial charge in [-0.25, -0.2) is 0 Å². The Bertz CT molecular complexity index is 97.6. The van der Waals surface area contributed by atoms with E-state index in [0.717, 1.165) is 5.75 Å². The van der Waals surface area contributed by atoms with Crippen LogP contribution in [0.5, 0.6) is 0 Å². The van der Waals surface area contributed by atoms with Gasteiger partial charge in [-0.15, -0.1) is 12.4 Å². The van der Waals surface area contributed by atoms with Crippen molar-refractivity contribution in [3.63, 3.8) is 0 Å². The van der Waals surface area contributed by atoms with Crippen LogP contribution in [0.2, 0.25) is 0 Å². The number of hydrogen-bond donors (Lipinski definition) is 2. The van der Waals surface area contributed by atoms with Crippen molar-refractivity contribution in [1.82, 2.24) is 0 Å². The molecule has 3 N–H and O–H groups in total. The molecule has 0 fully saturated rings. The summed E-state index contributed by atoms with van der Waals surface area (Å²) in [7, 11) is 2.97. The molecule has 0 aromatic carbocycles. The highest BCUT2D eigenvalue weighted by Crippen LogP contribution is 2.22. The van der Waals surface area contributed by atoms with Crippen molar-refractivity contribution in [3.8, 4) is 0 Å². The average molecular weight is 201 g/mol. The quantitative estimate of drug-likeness (QED) is 0.418. The van der Waals surface area contributed by atoms with Crippen LogP contribution in [-0.2, 0) is 0 Å². The van der Waals surface area contributed by atoms with Gasteiger partial charge >= 0.3 is 0 Å². The van der Waals surface area contributed by atoms with Gasteiger partial charge in [-0.05, 0) is 16.7 Å². The summed E-state index contributed by atoms with van der Waals surface area (Å²) in [5, 5.41) is 7.05. The molecule has 5 heteroatoms. The predicted octanol–water partition coefficient (Wildman–Crippen LogP) is 2.34. The molecular weight excluding hydrogens is 188 g/mol. The monoisotopic (exact) mass is 200 g/mol. The van der Waals surface area contributed by atoms with Crippen molar-refractivity contribution in [3.05, 3.63) is 0 Å². The van der Waals surface area contributed by atoms with Crippen molar-refractivity contribution in [2.45, 2.75) is 13.8 Å². The minimum absolute atomic E-state index is 0. The Labute approximate surface area is 76.0 Å². The number of hydrogen-bond acceptors (Lipinski definition) is 3. The molecule has 0 aliphatic carbocycles. The zero-order chi connectivity index (χ0) is 7.28. The summed E-state index contributed by atoms with van der Waals surface area (Å²) < 4.78 is 0. The molecular formula is C5H13ClN2S2. The minimum Gasteiger partial charge on any atom is -0.378 e. The fraction of sp³-hybridized carbons (Fsp3) is 0.800. The number of amidine groups is 1. The number of nitrogens with one attached hydrogen (secondary N) is 1. The van der Waals surface area contributed by atoms with Crippen LogP contribution in [0.3, 0.4) is 0 Å². The van der Waals surface area contributed by atoms with Gasteiger partial charge in [0.05, 0.1) is 0 Å². The Morgan fingerprint density at radius 1 is 1.60 bits per heavy atom. The van der Waals surface area contributed by atoms with Crippen molar-refractivity contribution in [1.29, 1.82) is 5.41 Å². The van der Waals surface area contributed by atoms with E-state index >= 15 is 0 Å². The smallest absolute Gasteiger partial charge is 0.161 e. The van der Waals surface area contributed by atoms with E-state index in [4.69, 9.17) is 11.1 Å². The van der Waals surface area contributed by atoms with Crippen molar-refractivity contribution in [2.75, 3.05) is 5.75 Å². The van der Waals surface area contributed by atoms with Crippen molar-refractivity contribution < 1.29 is 0 Å². The topological polar surface area (TPSA) is 49.9 Å². The lowest BCUT2D eigenvalue weighted by Gasteiger charge is -2.00. The van der Waals surface area contributed by atoms with Crippen molar-refractivity contribution >= 4 is 39.2 Å². The van der Waals surface area contributed by atoms with Gasteiger partial charge in [0.2, 0.25) is 0 Å². The van der Waals surface area contributed by atoms with Gasteiger partial charge in [-0.1, -0.05) is 24.6 Å². The van der Waals surface area contributed by atoms with Gasteiger partial charge in [-0.3, -0.25) is 5.41 Å². The van der Waals surface area contributed by atoms with E-state index in [-0.39, 0.29) is 17.6 Å². The molecule has 10 heavy (non-hydrogen) atoms. The first-order chi connectivity index (χ1) is 4.13. The highest BCUT2D eigenvalue weighted by molar-refractivity contribution is 8.82. The molecule has 0 amide bonds. The lowest BCUT2D eigenvalue weighted by Crippen LogP contribution is -2.01. The lowest BCUT2D eigenvalue weighted by molar-refractivity contribution is 0.752. The highest BCUT2D eigenvalue weighted by atomic mass is 35.5. The third-order valence-corrected chi connectivity index (χ3v) is 2.95. The first-order valence-electron chi connectivity index (χ1n) is 2.76. The molecule has 0 radical (unpaired) electrons. The maximum atomic E-state index is 6.86. The van der Waals surface area contributed by atoms with Gasteiger partial charge in [0.25, 0.3) is 0 Å². The molecule has 0 spiro atoms.